The molecule has 4 N–H and O–H groups in total. The zero-order valence-electron chi connectivity index (χ0n) is 16.9. The smallest absolute Gasteiger partial charge is 0.223 e. The van der Waals surface area contributed by atoms with Crippen LogP contribution < -0.4 is 16.0 Å². The van der Waals surface area contributed by atoms with Gasteiger partial charge in [0.15, 0.2) is 5.82 Å². The Morgan fingerprint density at radius 3 is 2.60 bits per heavy atom. The van der Waals surface area contributed by atoms with E-state index in [0.29, 0.717) is 11.5 Å². The van der Waals surface area contributed by atoms with E-state index in [4.69, 9.17) is 5.73 Å². The predicted molar refractivity (Wildman–Crippen MR) is 113 cm³/mol. The van der Waals surface area contributed by atoms with Gasteiger partial charge in [-0.1, -0.05) is 12.1 Å². The second-order valence-electron chi connectivity index (χ2n) is 8.25. The van der Waals surface area contributed by atoms with Gasteiger partial charge in [0.2, 0.25) is 11.9 Å². The molecule has 1 saturated carbocycles. The molecule has 2 aromatic rings. The first kappa shape index (κ1) is 20.5. The number of nitrogens with zero attached hydrogens (tertiary/aromatic N) is 3. The minimum atomic E-state index is -0.468. The number of aliphatic hydroxyl groups is 1. The molecule has 0 unspecified atom stereocenters. The lowest BCUT2D eigenvalue weighted by Gasteiger charge is -2.31. The second kappa shape index (κ2) is 8.95. The molecule has 30 heavy (non-hydrogen) atoms. The van der Waals surface area contributed by atoms with Gasteiger partial charge in [-0.15, -0.1) is 0 Å². The van der Waals surface area contributed by atoms with E-state index in [1.807, 2.05) is 24.3 Å². The summed E-state index contributed by atoms with van der Waals surface area (Å²) in [6.45, 7) is 1.55. The van der Waals surface area contributed by atoms with Crippen LogP contribution in [0.25, 0.3) is 11.3 Å². The molecule has 1 aromatic heterocycles. The van der Waals surface area contributed by atoms with Gasteiger partial charge in [0.1, 0.15) is 5.69 Å². The summed E-state index contributed by atoms with van der Waals surface area (Å²) in [5.74, 6) is -0.382. The third-order valence-corrected chi connectivity index (χ3v) is 6.16. The molecule has 1 saturated heterocycles. The Labute approximate surface area is 175 Å². The Balaban J connectivity index is 1.48. The molecule has 1 aromatic carbocycles. The van der Waals surface area contributed by atoms with Crippen LogP contribution in [0.4, 0.5) is 16.0 Å². The van der Waals surface area contributed by atoms with Gasteiger partial charge in [0.25, 0.3) is 0 Å². The number of hydrogen-bond acceptors (Lipinski definition) is 6. The van der Waals surface area contributed by atoms with E-state index in [9.17, 15) is 14.3 Å². The van der Waals surface area contributed by atoms with Crippen molar-refractivity contribution in [3.8, 4) is 11.3 Å². The fourth-order valence-corrected chi connectivity index (χ4v) is 4.32. The van der Waals surface area contributed by atoms with Crippen molar-refractivity contribution < 1.29 is 14.3 Å². The van der Waals surface area contributed by atoms with Crippen LogP contribution in [0.2, 0.25) is 0 Å². The highest BCUT2D eigenvalue weighted by Crippen LogP contribution is 2.29. The number of nitrogens with two attached hydrogens (primary N) is 1. The number of rotatable bonds is 5. The lowest BCUT2D eigenvalue weighted by Crippen LogP contribution is -2.35. The van der Waals surface area contributed by atoms with Crippen molar-refractivity contribution in [2.45, 2.75) is 50.7 Å². The van der Waals surface area contributed by atoms with Crippen LogP contribution >= 0.6 is 0 Å². The molecule has 1 amide bonds. The topological polar surface area (TPSA) is 104 Å². The first-order chi connectivity index (χ1) is 14.5. The molecule has 0 atom stereocenters. The molecule has 0 bridgehead atoms. The minimum absolute atomic E-state index is 0.0635. The highest BCUT2D eigenvalue weighted by Gasteiger charge is 2.25. The number of aromatic nitrogens is 2. The maximum Gasteiger partial charge on any atom is 0.223 e. The number of carbonyl (C=O) groups is 1. The summed E-state index contributed by atoms with van der Waals surface area (Å²) in [5.41, 5.74) is 7.35. The quantitative estimate of drug-likeness (QED) is 0.696. The van der Waals surface area contributed by atoms with E-state index in [-0.39, 0.29) is 29.7 Å². The van der Waals surface area contributed by atoms with Crippen molar-refractivity contribution in [3.05, 3.63) is 36.3 Å². The van der Waals surface area contributed by atoms with Gasteiger partial charge >= 0.3 is 0 Å². The van der Waals surface area contributed by atoms with Gasteiger partial charge in [-0.25, -0.2) is 14.4 Å². The Morgan fingerprint density at radius 1 is 1.17 bits per heavy atom. The molecule has 4 rings (SSSR count). The number of hydrogen-bond donors (Lipinski definition) is 3. The second-order valence-corrected chi connectivity index (χ2v) is 8.25. The SMILES string of the molecule is NC(=O)C1CCC(Nc2ncc(F)c(-c3cccc(N4CCC(O)CC4)c3)n2)CC1. The van der Waals surface area contributed by atoms with Crippen molar-refractivity contribution in [1.82, 2.24) is 9.97 Å². The van der Waals surface area contributed by atoms with Gasteiger partial charge in [0.05, 0.1) is 12.3 Å². The predicted octanol–water partition coefficient (Wildman–Crippen LogP) is 2.70. The Morgan fingerprint density at radius 2 is 1.90 bits per heavy atom. The third kappa shape index (κ3) is 4.70. The Bertz CT molecular complexity index is 893. The molecular formula is C22H28FN5O2. The monoisotopic (exact) mass is 413 g/mol. The number of carbonyl (C=O) groups excluding carboxylic acids is 1. The molecule has 2 aliphatic rings. The molecule has 1 aliphatic carbocycles. The Kier molecular flexibility index (Phi) is 6.13. The van der Waals surface area contributed by atoms with E-state index in [1.54, 1.807) is 0 Å². The minimum Gasteiger partial charge on any atom is -0.393 e. The summed E-state index contributed by atoms with van der Waals surface area (Å²) >= 11 is 0. The average molecular weight is 413 g/mol. The number of aliphatic hydroxyl groups excluding tert-OH is 1. The number of nitrogens with one attached hydrogen (secondary N) is 1. The van der Waals surface area contributed by atoms with Gasteiger partial charge in [-0.3, -0.25) is 4.79 Å². The molecule has 0 radical (unpaired) electrons. The first-order valence-electron chi connectivity index (χ1n) is 10.6. The fourth-order valence-electron chi connectivity index (χ4n) is 4.32. The molecule has 1 aliphatic heterocycles. The molecule has 2 heterocycles. The van der Waals surface area contributed by atoms with E-state index in [1.165, 1.54) is 6.20 Å². The standard InChI is InChI=1S/C22H28FN5O2/c23-19-13-25-22(26-16-6-4-14(5-7-16)21(24)30)27-20(19)15-2-1-3-17(12-15)28-10-8-18(29)9-11-28/h1-3,12-14,16,18,29H,4-11H2,(H2,24,30)(H,25,26,27). The van der Waals surface area contributed by atoms with Crippen LogP contribution in [-0.2, 0) is 4.79 Å². The van der Waals surface area contributed by atoms with Crippen LogP contribution in [0.1, 0.15) is 38.5 Å². The average Bonchev–Trinajstić information content (AvgIpc) is 2.76. The number of anilines is 2. The van der Waals surface area contributed by atoms with Crippen LogP contribution in [-0.4, -0.2) is 46.2 Å². The highest BCUT2D eigenvalue weighted by atomic mass is 19.1. The Hall–Kier alpha value is -2.74. The molecule has 7 nitrogen and oxygen atoms in total. The van der Waals surface area contributed by atoms with Gasteiger partial charge in [-0.2, -0.15) is 0 Å². The first-order valence-corrected chi connectivity index (χ1v) is 10.6. The number of benzene rings is 1. The van der Waals surface area contributed by atoms with Gasteiger partial charge in [0, 0.05) is 36.3 Å². The number of halogens is 1. The van der Waals surface area contributed by atoms with Gasteiger partial charge in [-0.05, 0) is 50.7 Å². The third-order valence-electron chi connectivity index (χ3n) is 6.16. The zero-order valence-corrected chi connectivity index (χ0v) is 16.9. The van der Waals surface area contributed by atoms with Crippen LogP contribution in [0.3, 0.4) is 0 Å². The molecular weight excluding hydrogens is 385 g/mol. The summed E-state index contributed by atoms with van der Waals surface area (Å²) in [6, 6.07) is 7.82. The molecule has 0 spiro atoms. The molecule has 2 fully saturated rings. The summed E-state index contributed by atoms with van der Waals surface area (Å²) in [5, 5.41) is 13.0. The molecule has 160 valence electrons. The zero-order chi connectivity index (χ0) is 21.1. The van der Waals surface area contributed by atoms with Crippen LogP contribution in [0.5, 0.6) is 0 Å². The van der Waals surface area contributed by atoms with Crippen molar-refractivity contribution >= 4 is 17.5 Å². The largest absolute Gasteiger partial charge is 0.393 e. The maximum atomic E-state index is 14.5. The molecule has 8 heteroatoms. The lowest BCUT2D eigenvalue weighted by molar-refractivity contribution is -0.122. The number of amides is 1. The summed E-state index contributed by atoms with van der Waals surface area (Å²) < 4.78 is 14.5. The fraction of sp³-hybridized carbons (Fsp3) is 0.500. The van der Waals surface area contributed by atoms with Crippen molar-refractivity contribution in [2.24, 2.45) is 11.7 Å². The summed E-state index contributed by atoms with van der Waals surface area (Å²) in [6.07, 6.45) is 5.52. The lowest BCUT2D eigenvalue weighted by atomic mass is 9.86. The summed E-state index contributed by atoms with van der Waals surface area (Å²) in [4.78, 5) is 22.1. The van der Waals surface area contributed by atoms with E-state index >= 15 is 0 Å². The maximum absolute atomic E-state index is 14.5. The van der Waals surface area contributed by atoms with Gasteiger partial charge < -0.3 is 21.1 Å². The number of piperidine rings is 1. The van der Waals surface area contributed by atoms with E-state index < -0.39 is 5.82 Å². The van der Waals surface area contributed by atoms with Crippen LogP contribution in [0.15, 0.2) is 30.5 Å². The van der Waals surface area contributed by atoms with Crippen LogP contribution in [0, 0.1) is 11.7 Å². The van der Waals surface area contributed by atoms with E-state index in [0.717, 1.165) is 57.3 Å². The van der Waals surface area contributed by atoms with Crippen molar-refractivity contribution in [3.63, 3.8) is 0 Å². The normalized spacial score (nSPS) is 22.7. The van der Waals surface area contributed by atoms with Crippen molar-refractivity contribution in [1.29, 1.82) is 0 Å². The van der Waals surface area contributed by atoms with Crippen molar-refractivity contribution in [2.75, 3.05) is 23.3 Å². The summed E-state index contributed by atoms with van der Waals surface area (Å²) in [7, 11) is 0. The highest BCUT2D eigenvalue weighted by molar-refractivity contribution is 5.76. The number of primary amides is 1. The van der Waals surface area contributed by atoms with E-state index in [2.05, 4.69) is 20.2 Å².